The van der Waals surface area contributed by atoms with Gasteiger partial charge in [0.1, 0.15) is 0 Å². The van der Waals surface area contributed by atoms with Gasteiger partial charge in [-0.05, 0) is 23.7 Å². The molecular weight excluding hydrogens is 486 g/mol. The van der Waals surface area contributed by atoms with E-state index in [1.165, 1.54) is 0 Å². The van der Waals surface area contributed by atoms with Crippen molar-refractivity contribution in [2.24, 2.45) is 0 Å². The summed E-state index contributed by atoms with van der Waals surface area (Å²) < 4.78 is 223. The summed E-state index contributed by atoms with van der Waals surface area (Å²) in [4.78, 5) is 0. The minimum absolute atomic E-state index is 0.00755. The first-order valence-electron chi connectivity index (χ1n) is 6.15. The number of rotatable bonds is 4. The molecule has 174 valence electrons. The third-order valence-corrected chi connectivity index (χ3v) is 2.79. The van der Waals surface area contributed by atoms with Gasteiger partial charge in [0, 0.05) is 0 Å². The van der Waals surface area contributed by atoms with Crippen molar-refractivity contribution in [1.82, 2.24) is 0 Å². The van der Waals surface area contributed by atoms with Gasteiger partial charge in [0.25, 0.3) is 0 Å². The van der Waals surface area contributed by atoms with Crippen LogP contribution in [-0.2, 0) is 0 Å². The van der Waals surface area contributed by atoms with Crippen molar-refractivity contribution in [3.8, 4) is 23.7 Å². The maximum absolute atomic E-state index is 12.9. The lowest BCUT2D eigenvalue weighted by atomic mass is 10.0. The minimum Gasteiger partial charge on any atom is -0.191 e. The van der Waals surface area contributed by atoms with Crippen LogP contribution in [0.2, 0.25) is 0 Å². The SMILES string of the molecule is FC(F)(F)C(F)(F)C(F)(F)C(F)(F)C#CC#CC(F)(F)C(F)(F)C(F)(F)C(F)(F)F. The first-order valence-corrected chi connectivity index (χ1v) is 6.15. The molecule has 0 radical (unpaired) electrons. The predicted octanol–water partition coefficient (Wildman–Crippen LogP) is 5.93. The Morgan fingerprint density at radius 3 is 0.667 bits per heavy atom. The van der Waals surface area contributed by atoms with Gasteiger partial charge in [0.2, 0.25) is 0 Å². The van der Waals surface area contributed by atoms with E-state index in [2.05, 4.69) is 0 Å². The molecule has 0 rings (SSSR count). The van der Waals surface area contributed by atoms with Gasteiger partial charge in [-0.25, -0.2) is 0 Å². The van der Waals surface area contributed by atoms with E-state index in [0.717, 1.165) is 0 Å². The molecule has 0 N–H and O–H groups in total. The van der Waals surface area contributed by atoms with Gasteiger partial charge in [-0.2, -0.15) is 79.0 Å². The van der Waals surface area contributed by atoms with E-state index in [1.807, 2.05) is 0 Å². The zero-order chi connectivity index (χ0) is 24.8. The molecule has 0 saturated carbocycles. The molecule has 0 heterocycles. The lowest BCUT2D eigenvalue weighted by Crippen LogP contribution is -2.60. The Labute approximate surface area is 152 Å². The Balaban J connectivity index is 6.08. The monoisotopic (exact) mass is 486 g/mol. The van der Waals surface area contributed by atoms with Gasteiger partial charge in [0.15, 0.2) is 0 Å². The normalized spacial score (nSPS) is 15.1. The average molecular weight is 486 g/mol. The van der Waals surface area contributed by atoms with Crippen molar-refractivity contribution in [2.45, 2.75) is 47.9 Å². The van der Waals surface area contributed by atoms with Gasteiger partial charge >= 0.3 is 47.9 Å². The third kappa shape index (κ3) is 4.31. The molecule has 0 aliphatic rings. The van der Waals surface area contributed by atoms with E-state index in [0.29, 0.717) is 0 Å². The molecular formula is C12F18. The van der Waals surface area contributed by atoms with Crippen LogP contribution in [0.5, 0.6) is 0 Å². The molecule has 0 aromatic carbocycles. The Kier molecular flexibility index (Phi) is 6.71. The molecule has 18 heteroatoms. The van der Waals surface area contributed by atoms with Crippen molar-refractivity contribution in [1.29, 1.82) is 0 Å². The standard InChI is InChI=1S/C12F18/c13-5(14,7(17,18)9(21,22)11(25,26)27)3-1-2-4-6(15,16)8(19,20)10(23,24)12(28,29)30. The Morgan fingerprint density at radius 2 is 0.500 bits per heavy atom. The topological polar surface area (TPSA) is 0 Å². The van der Waals surface area contributed by atoms with Crippen LogP contribution in [0.25, 0.3) is 0 Å². The van der Waals surface area contributed by atoms with Crippen LogP contribution in [0.15, 0.2) is 0 Å². The lowest BCUT2D eigenvalue weighted by molar-refractivity contribution is -0.386. The number of halogens is 18. The molecule has 0 aliphatic heterocycles. The fourth-order valence-electron chi connectivity index (χ4n) is 1.13. The summed E-state index contributed by atoms with van der Waals surface area (Å²) in [6.07, 6.45) is -14.6. The fourth-order valence-corrected chi connectivity index (χ4v) is 1.13. The predicted molar refractivity (Wildman–Crippen MR) is 57.3 cm³/mol. The van der Waals surface area contributed by atoms with Gasteiger partial charge in [0.05, 0.1) is 0 Å². The number of alkyl halides is 18. The second-order valence-corrected chi connectivity index (χ2v) is 4.94. The molecule has 0 atom stereocenters. The summed E-state index contributed by atoms with van der Waals surface area (Å²) in [6.45, 7) is 0. The van der Waals surface area contributed by atoms with Crippen molar-refractivity contribution >= 4 is 0 Å². The zero-order valence-electron chi connectivity index (χ0n) is 12.8. The molecule has 0 unspecified atom stereocenters. The highest BCUT2D eigenvalue weighted by Gasteiger charge is 2.82. The minimum atomic E-state index is -7.46. The van der Waals surface area contributed by atoms with E-state index in [-0.39, 0.29) is 11.8 Å². The molecule has 0 aliphatic carbocycles. The van der Waals surface area contributed by atoms with Crippen molar-refractivity contribution in [3.63, 3.8) is 0 Å². The van der Waals surface area contributed by atoms with Crippen molar-refractivity contribution in [3.05, 3.63) is 0 Å². The van der Waals surface area contributed by atoms with Crippen LogP contribution in [0.1, 0.15) is 0 Å². The summed E-state index contributed by atoms with van der Waals surface area (Å²) in [5, 5.41) is 0. The third-order valence-electron chi connectivity index (χ3n) is 2.79. The summed E-state index contributed by atoms with van der Waals surface area (Å²) >= 11 is 0. The zero-order valence-corrected chi connectivity index (χ0v) is 12.8. The lowest BCUT2D eigenvalue weighted by Gasteiger charge is -2.31. The molecule has 0 aromatic rings. The molecule has 0 amide bonds. The largest absolute Gasteiger partial charge is 0.460 e. The Bertz CT molecular complexity index is 689. The second kappa shape index (κ2) is 7.23. The molecule has 0 saturated heterocycles. The van der Waals surface area contributed by atoms with E-state index in [9.17, 15) is 79.0 Å². The quantitative estimate of drug-likeness (QED) is 0.342. The van der Waals surface area contributed by atoms with E-state index in [1.54, 1.807) is 0 Å². The van der Waals surface area contributed by atoms with Gasteiger partial charge < -0.3 is 0 Å². The summed E-state index contributed by atoms with van der Waals surface area (Å²) in [7, 11) is 0. The smallest absolute Gasteiger partial charge is 0.191 e. The highest BCUT2D eigenvalue weighted by molar-refractivity contribution is 5.34. The Morgan fingerprint density at radius 1 is 0.300 bits per heavy atom. The highest BCUT2D eigenvalue weighted by atomic mass is 19.4. The maximum atomic E-state index is 12.9. The van der Waals surface area contributed by atoms with Gasteiger partial charge in [-0.1, -0.05) is 0 Å². The van der Waals surface area contributed by atoms with Gasteiger partial charge in [-0.15, -0.1) is 0 Å². The fraction of sp³-hybridized carbons (Fsp3) is 0.667. The molecule has 0 spiro atoms. The van der Waals surface area contributed by atoms with E-state index < -0.39 is 59.7 Å². The number of hydrogen-bond donors (Lipinski definition) is 0. The maximum Gasteiger partial charge on any atom is 0.460 e. The van der Waals surface area contributed by atoms with Gasteiger partial charge in [-0.3, -0.25) is 0 Å². The summed E-state index contributed by atoms with van der Waals surface area (Å²) in [5.41, 5.74) is 0. The number of hydrogen-bond acceptors (Lipinski definition) is 0. The van der Waals surface area contributed by atoms with Crippen LogP contribution < -0.4 is 0 Å². The van der Waals surface area contributed by atoms with Crippen LogP contribution in [0, 0.1) is 23.7 Å². The van der Waals surface area contributed by atoms with Crippen LogP contribution in [0.3, 0.4) is 0 Å². The average Bonchev–Trinajstić information content (AvgIpc) is 2.48. The molecule has 0 bridgehead atoms. The molecule has 30 heavy (non-hydrogen) atoms. The first-order chi connectivity index (χ1) is 12.7. The van der Waals surface area contributed by atoms with Crippen molar-refractivity contribution < 1.29 is 79.0 Å². The van der Waals surface area contributed by atoms with E-state index >= 15 is 0 Å². The van der Waals surface area contributed by atoms with Crippen LogP contribution >= 0.6 is 0 Å². The molecule has 0 fully saturated rings. The molecule has 0 aromatic heterocycles. The summed E-state index contributed by atoms with van der Waals surface area (Å²) in [5.74, 6) is -44.1. The van der Waals surface area contributed by atoms with Crippen molar-refractivity contribution in [2.75, 3.05) is 0 Å². The highest BCUT2D eigenvalue weighted by Crippen LogP contribution is 2.54. The van der Waals surface area contributed by atoms with E-state index in [4.69, 9.17) is 0 Å². The Hall–Kier alpha value is -2.14. The first kappa shape index (κ1) is 27.9. The second-order valence-electron chi connectivity index (χ2n) is 4.94. The van der Waals surface area contributed by atoms with Crippen LogP contribution in [-0.4, -0.2) is 47.9 Å². The molecule has 0 nitrogen and oxygen atoms in total. The van der Waals surface area contributed by atoms with Crippen LogP contribution in [0.4, 0.5) is 79.0 Å². The summed E-state index contributed by atoms with van der Waals surface area (Å²) in [6, 6.07) is 0.